The van der Waals surface area contributed by atoms with Gasteiger partial charge in [-0.2, -0.15) is 4.98 Å². The molecule has 7 nitrogen and oxygen atoms in total. The average Bonchev–Trinajstić information content (AvgIpc) is 2.74. The summed E-state index contributed by atoms with van der Waals surface area (Å²) in [6, 6.07) is 9.15. The maximum atomic E-state index is 12.6. The molecule has 2 amide bonds. The van der Waals surface area contributed by atoms with E-state index in [-0.39, 0.29) is 6.03 Å². The van der Waals surface area contributed by atoms with Crippen LogP contribution in [-0.4, -0.2) is 60.2 Å². The number of nitrogens with zero attached hydrogens (tertiary/aromatic N) is 5. The normalized spacial score (nSPS) is 17.4. The molecule has 1 aromatic heterocycles. The fourth-order valence-corrected chi connectivity index (χ4v) is 4.03. The Labute approximate surface area is 176 Å². The molecule has 0 atom stereocenters. The minimum atomic E-state index is -0.0974. The zero-order valence-electron chi connectivity index (χ0n) is 16.8. The quantitative estimate of drug-likeness (QED) is 0.827. The van der Waals surface area contributed by atoms with E-state index in [2.05, 4.69) is 20.1 Å². The lowest BCUT2D eigenvalue weighted by Gasteiger charge is -2.36. The van der Waals surface area contributed by atoms with Gasteiger partial charge in [-0.3, -0.25) is 0 Å². The van der Waals surface area contributed by atoms with Crippen molar-refractivity contribution < 1.29 is 4.79 Å². The monoisotopic (exact) mass is 414 g/mol. The topological polar surface area (TPSA) is 64.6 Å². The maximum absolute atomic E-state index is 12.6. The van der Waals surface area contributed by atoms with Crippen molar-refractivity contribution in [2.24, 2.45) is 0 Å². The highest BCUT2D eigenvalue weighted by Gasteiger charge is 2.23. The second-order valence-corrected chi connectivity index (χ2v) is 8.07. The van der Waals surface area contributed by atoms with Crippen LogP contribution in [0.3, 0.4) is 0 Å². The minimum absolute atomic E-state index is 0.0974. The zero-order chi connectivity index (χ0) is 20.2. The van der Waals surface area contributed by atoms with Crippen LogP contribution in [0.1, 0.15) is 25.0 Å². The first-order valence-corrected chi connectivity index (χ1v) is 10.6. The first-order chi connectivity index (χ1) is 14.1. The summed E-state index contributed by atoms with van der Waals surface area (Å²) < 4.78 is 0. The van der Waals surface area contributed by atoms with Crippen molar-refractivity contribution in [3.05, 3.63) is 41.0 Å². The van der Waals surface area contributed by atoms with Crippen LogP contribution in [0.4, 0.5) is 22.2 Å². The van der Waals surface area contributed by atoms with Gasteiger partial charge in [-0.15, -0.1) is 0 Å². The number of amides is 2. The zero-order valence-corrected chi connectivity index (χ0v) is 17.5. The maximum Gasteiger partial charge on any atom is 0.321 e. The Morgan fingerprint density at radius 1 is 0.966 bits per heavy atom. The molecule has 1 aromatic carbocycles. The summed E-state index contributed by atoms with van der Waals surface area (Å²) in [6.07, 6.45) is 3.69. The van der Waals surface area contributed by atoms with E-state index in [4.69, 9.17) is 16.6 Å². The van der Waals surface area contributed by atoms with E-state index >= 15 is 0 Å². The number of hydrogen-bond donors (Lipinski definition) is 1. The summed E-state index contributed by atoms with van der Waals surface area (Å²) in [6.45, 7) is 6.87. The predicted molar refractivity (Wildman–Crippen MR) is 117 cm³/mol. The third kappa shape index (κ3) is 4.90. The number of anilines is 3. The van der Waals surface area contributed by atoms with Crippen LogP contribution in [0, 0.1) is 6.92 Å². The van der Waals surface area contributed by atoms with Gasteiger partial charge in [0.25, 0.3) is 0 Å². The number of aromatic nitrogens is 2. The number of halogens is 1. The molecule has 8 heteroatoms. The molecule has 2 saturated heterocycles. The molecule has 2 aliphatic heterocycles. The van der Waals surface area contributed by atoms with Gasteiger partial charge in [0.2, 0.25) is 5.95 Å². The summed E-state index contributed by atoms with van der Waals surface area (Å²) in [5.74, 6) is 1.79. The molecular weight excluding hydrogens is 388 g/mol. The van der Waals surface area contributed by atoms with E-state index in [0.29, 0.717) is 23.8 Å². The molecule has 2 aliphatic rings. The van der Waals surface area contributed by atoms with Crippen molar-refractivity contribution in [2.45, 2.75) is 26.2 Å². The fourth-order valence-electron chi connectivity index (χ4n) is 3.84. The van der Waals surface area contributed by atoms with Gasteiger partial charge in [0, 0.05) is 61.7 Å². The molecule has 2 aromatic rings. The van der Waals surface area contributed by atoms with Gasteiger partial charge in [-0.25, -0.2) is 9.78 Å². The van der Waals surface area contributed by atoms with Gasteiger partial charge >= 0.3 is 6.03 Å². The van der Waals surface area contributed by atoms with Crippen molar-refractivity contribution in [1.82, 2.24) is 14.9 Å². The number of rotatable bonds is 3. The lowest BCUT2D eigenvalue weighted by molar-refractivity contribution is 0.208. The molecule has 154 valence electrons. The minimum Gasteiger partial charge on any atom is -0.353 e. The Balaban J connectivity index is 1.38. The van der Waals surface area contributed by atoms with Crippen LogP contribution in [0.5, 0.6) is 0 Å². The Kier molecular flexibility index (Phi) is 6.04. The summed E-state index contributed by atoms with van der Waals surface area (Å²) >= 11 is 6.00. The van der Waals surface area contributed by atoms with Gasteiger partial charge < -0.3 is 20.0 Å². The molecule has 0 spiro atoms. The van der Waals surface area contributed by atoms with Crippen LogP contribution in [0.2, 0.25) is 5.02 Å². The van der Waals surface area contributed by atoms with Crippen LogP contribution in [0.15, 0.2) is 30.3 Å². The second kappa shape index (κ2) is 8.86. The van der Waals surface area contributed by atoms with E-state index in [0.717, 1.165) is 43.6 Å². The number of piperidine rings is 1. The SMILES string of the molecule is Cc1cc(N2CCN(C(=O)Nc3cccc(Cl)c3)CC2)nc(N2CCCCC2)n1. The fraction of sp³-hybridized carbons (Fsp3) is 0.476. The summed E-state index contributed by atoms with van der Waals surface area (Å²) in [7, 11) is 0. The summed E-state index contributed by atoms with van der Waals surface area (Å²) in [5, 5.41) is 3.53. The number of hydrogen-bond acceptors (Lipinski definition) is 5. The van der Waals surface area contributed by atoms with Crippen molar-refractivity contribution in [2.75, 3.05) is 54.4 Å². The molecule has 3 heterocycles. The average molecular weight is 415 g/mol. The van der Waals surface area contributed by atoms with Crippen molar-refractivity contribution in [3.8, 4) is 0 Å². The number of piperazine rings is 1. The highest BCUT2D eigenvalue weighted by Crippen LogP contribution is 2.22. The van der Waals surface area contributed by atoms with Crippen LogP contribution < -0.4 is 15.1 Å². The number of nitrogens with one attached hydrogen (secondary N) is 1. The lowest BCUT2D eigenvalue weighted by atomic mass is 10.1. The summed E-state index contributed by atoms with van der Waals surface area (Å²) in [5.41, 5.74) is 1.69. The van der Waals surface area contributed by atoms with Gasteiger partial charge in [-0.05, 0) is 44.4 Å². The van der Waals surface area contributed by atoms with Crippen LogP contribution in [0.25, 0.3) is 0 Å². The summed E-state index contributed by atoms with van der Waals surface area (Å²) in [4.78, 5) is 28.4. The first kappa shape index (κ1) is 19.8. The molecule has 1 N–H and O–H groups in total. The standard InChI is InChI=1S/C21H27ClN6O/c1-16-14-19(25-20(23-16)27-8-3-2-4-9-27)26-10-12-28(13-11-26)21(29)24-18-7-5-6-17(22)15-18/h5-7,14-15H,2-4,8-13H2,1H3,(H,24,29). The number of urea groups is 1. The molecule has 0 saturated carbocycles. The number of carbonyl (C=O) groups excluding carboxylic acids is 1. The predicted octanol–water partition coefficient (Wildman–Crippen LogP) is 3.78. The van der Waals surface area contributed by atoms with Gasteiger partial charge in [0.15, 0.2) is 0 Å². The highest BCUT2D eigenvalue weighted by atomic mass is 35.5. The Morgan fingerprint density at radius 3 is 2.45 bits per heavy atom. The lowest BCUT2D eigenvalue weighted by Crippen LogP contribution is -2.50. The van der Waals surface area contributed by atoms with Crippen molar-refractivity contribution in [1.29, 1.82) is 0 Å². The molecule has 0 radical (unpaired) electrons. The molecule has 4 rings (SSSR count). The first-order valence-electron chi connectivity index (χ1n) is 10.3. The number of aryl methyl sites for hydroxylation is 1. The third-order valence-corrected chi connectivity index (χ3v) is 5.67. The molecule has 0 bridgehead atoms. The van der Waals surface area contributed by atoms with Gasteiger partial charge in [0.1, 0.15) is 5.82 Å². The van der Waals surface area contributed by atoms with E-state index in [1.807, 2.05) is 30.0 Å². The van der Waals surface area contributed by atoms with Gasteiger partial charge in [0.05, 0.1) is 0 Å². The second-order valence-electron chi connectivity index (χ2n) is 7.63. The van der Waals surface area contributed by atoms with E-state index in [1.165, 1.54) is 19.3 Å². The Hall–Kier alpha value is -2.54. The van der Waals surface area contributed by atoms with E-state index < -0.39 is 0 Å². The van der Waals surface area contributed by atoms with Crippen LogP contribution in [-0.2, 0) is 0 Å². The highest BCUT2D eigenvalue weighted by molar-refractivity contribution is 6.30. The molecule has 0 aliphatic carbocycles. The third-order valence-electron chi connectivity index (χ3n) is 5.43. The largest absolute Gasteiger partial charge is 0.353 e. The van der Waals surface area contributed by atoms with Crippen molar-refractivity contribution >= 4 is 35.1 Å². The Bertz CT molecular complexity index is 862. The smallest absolute Gasteiger partial charge is 0.321 e. The van der Waals surface area contributed by atoms with Gasteiger partial charge in [-0.1, -0.05) is 17.7 Å². The number of carbonyl (C=O) groups is 1. The molecule has 2 fully saturated rings. The molecule has 29 heavy (non-hydrogen) atoms. The Morgan fingerprint density at radius 2 is 1.72 bits per heavy atom. The van der Waals surface area contributed by atoms with E-state index in [9.17, 15) is 4.79 Å². The van der Waals surface area contributed by atoms with Crippen molar-refractivity contribution in [3.63, 3.8) is 0 Å². The van der Waals surface area contributed by atoms with E-state index in [1.54, 1.807) is 12.1 Å². The number of benzene rings is 1. The molecule has 0 unspecified atom stereocenters. The van der Waals surface area contributed by atoms with Crippen LogP contribution >= 0.6 is 11.6 Å². The molecular formula is C21H27ClN6O.